The van der Waals surface area contributed by atoms with Crippen LogP contribution in [-0.4, -0.2) is 5.08 Å². The molecule has 1 nitrogen and oxygen atoms in total. The van der Waals surface area contributed by atoms with Crippen LogP contribution in [0.15, 0.2) is 29.2 Å². The molecule has 1 rings (SSSR count). The van der Waals surface area contributed by atoms with Crippen molar-refractivity contribution in [3.8, 4) is 0 Å². The van der Waals surface area contributed by atoms with Gasteiger partial charge in [0, 0.05) is 15.7 Å². The van der Waals surface area contributed by atoms with E-state index in [-0.39, 0.29) is 0 Å². The second kappa shape index (κ2) is 3.78. The van der Waals surface area contributed by atoms with E-state index in [0.717, 1.165) is 15.7 Å². The van der Waals surface area contributed by atoms with E-state index < -0.39 is 0 Å². The van der Waals surface area contributed by atoms with E-state index in [1.54, 1.807) is 11.8 Å². The number of rotatable bonds is 2. The summed E-state index contributed by atoms with van der Waals surface area (Å²) >= 11 is 5.73. The van der Waals surface area contributed by atoms with Crippen LogP contribution in [0.2, 0.25) is 0 Å². The van der Waals surface area contributed by atoms with E-state index >= 15 is 0 Å². The van der Waals surface area contributed by atoms with Gasteiger partial charge in [-0.25, -0.2) is 0 Å². The topological polar surface area (TPSA) is 26.0 Å². The molecule has 0 unspecified atom stereocenters. The third kappa shape index (κ3) is 1.85. The quantitative estimate of drug-likeness (QED) is 0.309. The van der Waals surface area contributed by atoms with Gasteiger partial charge >= 0.3 is 0 Å². The molecule has 0 radical (unpaired) electrons. The highest BCUT2D eigenvalue weighted by molar-refractivity contribution is 8.09. The first-order chi connectivity index (χ1) is 4.84. The van der Waals surface area contributed by atoms with Gasteiger partial charge in [-0.1, -0.05) is 12.1 Å². The lowest BCUT2D eigenvalue weighted by Crippen LogP contribution is -1.86. The van der Waals surface area contributed by atoms with Crippen LogP contribution in [0, 0.1) is 0 Å². The maximum absolute atomic E-state index is 5.65. The van der Waals surface area contributed by atoms with Crippen molar-refractivity contribution in [1.29, 1.82) is 0 Å². The van der Waals surface area contributed by atoms with Gasteiger partial charge in [-0.15, -0.1) is 11.8 Å². The SMILES string of the molecule is Nc1ccccc1SCS. The van der Waals surface area contributed by atoms with Crippen LogP contribution >= 0.6 is 24.4 Å². The molecule has 1 aromatic carbocycles. The van der Waals surface area contributed by atoms with Gasteiger partial charge in [0.15, 0.2) is 0 Å². The molecule has 0 aliphatic heterocycles. The van der Waals surface area contributed by atoms with E-state index in [2.05, 4.69) is 12.6 Å². The maximum atomic E-state index is 5.65. The molecule has 0 heterocycles. The van der Waals surface area contributed by atoms with Crippen LogP contribution in [0.1, 0.15) is 0 Å². The summed E-state index contributed by atoms with van der Waals surface area (Å²) in [5, 5.41) is 0.772. The van der Waals surface area contributed by atoms with Gasteiger partial charge in [0.05, 0.1) is 0 Å². The van der Waals surface area contributed by atoms with Crippen molar-refractivity contribution in [2.24, 2.45) is 0 Å². The van der Waals surface area contributed by atoms with Crippen LogP contribution < -0.4 is 5.73 Å². The Balaban J connectivity index is 2.81. The highest BCUT2D eigenvalue weighted by Gasteiger charge is 1.94. The summed E-state index contributed by atoms with van der Waals surface area (Å²) in [6, 6.07) is 7.79. The highest BCUT2D eigenvalue weighted by Crippen LogP contribution is 2.24. The van der Waals surface area contributed by atoms with Crippen molar-refractivity contribution >= 4 is 30.1 Å². The van der Waals surface area contributed by atoms with E-state index in [1.807, 2.05) is 24.3 Å². The van der Waals surface area contributed by atoms with Gasteiger partial charge in [0.2, 0.25) is 0 Å². The lowest BCUT2D eigenvalue weighted by atomic mass is 10.3. The molecular formula is C7H9NS2. The fourth-order valence-electron chi connectivity index (χ4n) is 0.682. The number of hydrogen-bond acceptors (Lipinski definition) is 3. The van der Waals surface area contributed by atoms with Gasteiger partial charge in [0.1, 0.15) is 0 Å². The fraction of sp³-hybridized carbons (Fsp3) is 0.143. The largest absolute Gasteiger partial charge is 0.398 e. The minimum atomic E-state index is 0.772. The Labute approximate surface area is 70.4 Å². The molecule has 0 aromatic heterocycles. The number of nitrogen functional groups attached to an aromatic ring is 1. The third-order valence-corrected chi connectivity index (χ3v) is 2.34. The third-order valence-electron chi connectivity index (χ3n) is 1.14. The molecule has 0 amide bonds. The first-order valence-electron chi connectivity index (χ1n) is 2.93. The number of thiol groups is 1. The van der Waals surface area contributed by atoms with Crippen LogP contribution in [0.5, 0.6) is 0 Å². The number of benzene rings is 1. The molecular weight excluding hydrogens is 162 g/mol. The second-order valence-corrected chi connectivity index (χ2v) is 3.57. The molecule has 0 aliphatic carbocycles. The monoisotopic (exact) mass is 171 g/mol. The van der Waals surface area contributed by atoms with Crippen molar-refractivity contribution in [2.45, 2.75) is 4.90 Å². The fourth-order valence-corrected chi connectivity index (χ4v) is 1.65. The number of hydrogen-bond donors (Lipinski definition) is 2. The molecule has 3 heteroatoms. The van der Waals surface area contributed by atoms with Crippen molar-refractivity contribution < 1.29 is 0 Å². The molecule has 54 valence electrons. The Morgan fingerprint density at radius 2 is 2.10 bits per heavy atom. The number of thioether (sulfide) groups is 1. The van der Waals surface area contributed by atoms with Gasteiger partial charge < -0.3 is 5.73 Å². The van der Waals surface area contributed by atoms with Crippen molar-refractivity contribution in [3.63, 3.8) is 0 Å². The van der Waals surface area contributed by atoms with Crippen LogP contribution in [0.4, 0.5) is 5.69 Å². The zero-order chi connectivity index (χ0) is 7.40. The maximum Gasteiger partial charge on any atom is 0.0452 e. The van der Waals surface area contributed by atoms with Gasteiger partial charge in [-0.2, -0.15) is 12.6 Å². The second-order valence-electron chi connectivity index (χ2n) is 1.81. The summed E-state index contributed by atoms with van der Waals surface area (Å²) in [5.41, 5.74) is 6.49. The molecule has 0 spiro atoms. The normalized spacial score (nSPS) is 9.70. The van der Waals surface area contributed by atoms with Crippen LogP contribution in [-0.2, 0) is 0 Å². The average Bonchev–Trinajstić information content (AvgIpc) is 1.94. The Morgan fingerprint density at radius 1 is 1.40 bits per heavy atom. The summed E-state index contributed by atoms with van der Waals surface area (Å²) in [4.78, 5) is 1.11. The number of anilines is 1. The number of para-hydroxylation sites is 1. The molecule has 2 N–H and O–H groups in total. The van der Waals surface area contributed by atoms with Crippen LogP contribution in [0.3, 0.4) is 0 Å². The Morgan fingerprint density at radius 3 is 2.70 bits per heavy atom. The zero-order valence-electron chi connectivity index (χ0n) is 5.45. The standard InChI is InChI=1S/C7H9NS2/c8-6-3-1-2-4-7(6)10-5-9/h1-4,9H,5,8H2. The summed E-state index contributed by atoms with van der Waals surface area (Å²) in [6.45, 7) is 0. The number of nitrogens with two attached hydrogens (primary N) is 1. The van der Waals surface area contributed by atoms with E-state index in [9.17, 15) is 0 Å². The molecule has 0 aliphatic rings. The predicted octanol–water partition coefficient (Wildman–Crippen LogP) is 2.25. The molecule has 0 bridgehead atoms. The molecule has 0 saturated heterocycles. The Kier molecular flexibility index (Phi) is 2.96. The van der Waals surface area contributed by atoms with E-state index in [0.29, 0.717) is 0 Å². The molecule has 10 heavy (non-hydrogen) atoms. The lowest BCUT2D eigenvalue weighted by molar-refractivity contribution is 1.47. The predicted molar refractivity (Wildman–Crippen MR) is 50.6 cm³/mol. The van der Waals surface area contributed by atoms with Crippen LogP contribution in [0.25, 0.3) is 0 Å². The summed E-state index contributed by atoms with van der Waals surface area (Å²) < 4.78 is 0. The highest BCUT2D eigenvalue weighted by atomic mass is 32.2. The summed E-state index contributed by atoms with van der Waals surface area (Å²) in [6.07, 6.45) is 0. The van der Waals surface area contributed by atoms with Gasteiger partial charge in [-0.05, 0) is 12.1 Å². The lowest BCUT2D eigenvalue weighted by Gasteiger charge is -2.00. The Bertz CT molecular complexity index is 213. The first-order valence-corrected chi connectivity index (χ1v) is 4.54. The smallest absolute Gasteiger partial charge is 0.0452 e. The minimum absolute atomic E-state index is 0.772. The van der Waals surface area contributed by atoms with Crippen molar-refractivity contribution in [1.82, 2.24) is 0 Å². The molecule has 0 atom stereocenters. The first kappa shape index (κ1) is 7.82. The molecule has 1 aromatic rings. The van der Waals surface area contributed by atoms with Crippen molar-refractivity contribution in [3.05, 3.63) is 24.3 Å². The van der Waals surface area contributed by atoms with E-state index in [1.165, 1.54) is 0 Å². The van der Waals surface area contributed by atoms with Gasteiger partial charge in [0.25, 0.3) is 0 Å². The van der Waals surface area contributed by atoms with Crippen molar-refractivity contribution in [2.75, 3.05) is 10.8 Å². The molecule has 0 fully saturated rings. The van der Waals surface area contributed by atoms with Gasteiger partial charge in [-0.3, -0.25) is 0 Å². The summed E-state index contributed by atoms with van der Waals surface area (Å²) in [7, 11) is 0. The summed E-state index contributed by atoms with van der Waals surface area (Å²) in [5.74, 6) is 0. The Hall–Kier alpha value is -0.280. The molecule has 0 saturated carbocycles. The zero-order valence-corrected chi connectivity index (χ0v) is 7.16. The average molecular weight is 171 g/mol. The minimum Gasteiger partial charge on any atom is -0.398 e. The van der Waals surface area contributed by atoms with E-state index in [4.69, 9.17) is 5.73 Å².